The Bertz CT molecular complexity index is 603. The van der Waals surface area contributed by atoms with Gasteiger partial charge in [-0.15, -0.1) is 0 Å². The predicted molar refractivity (Wildman–Crippen MR) is 62.9 cm³/mol. The molecule has 0 radical (unpaired) electrons. The van der Waals surface area contributed by atoms with Crippen molar-refractivity contribution in [3.63, 3.8) is 0 Å². The predicted octanol–water partition coefficient (Wildman–Crippen LogP) is 2.45. The van der Waals surface area contributed by atoms with Crippen molar-refractivity contribution in [1.29, 1.82) is 0 Å². The summed E-state index contributed by atoms with van der Waals surface area (Å²) in [7, 11) is 0. The summed E-state index contributed by atoms with van der Waals surface area (Å²) in [5, 5.41) is 21.5. The Balaban J connectivity index is 2.25. The van der Waals surface area contributed by atoms with Crippen LogP contribution in [0.5, 0.6) is 0 Å². The van der Waals surface area contributed by atoms with Crippen molar-refractivity contribution in [3.8, 4) is 0 Å². The average Bonchev–Trinajstić information content (AvgIpc) is 2.68. The molecule has 0 saturated heterocycles. The van der Waals surface area contributed by atoms with Crippen molar-refractivity contribution in [2.75, 3.05) is 0 Å². The molecule has 0 aliphatic heterocycles. The van der Waals surface area contributed by atoms with Gasteiger partial charge in [0, 0.05) is 28.7 Å². The zero-order valence-corrected chi connectivity index (χ0v) is 9.14. The van der Waals surface area contributed by atoms with Crippen LogP contribution in [0, 0.1) is 10.1 Å². The highest BCUT2D eigenvalue weighted by Gasteiger charge is 2.23. The number of nitro groups is 1. The molecule has 17 heavy (non-hydrogen) atoms. The van der Waals surface area contributed by atoms with E-state index in [0.29, 0.717) is 0 Å². The van der Waals surface area contributed by atoms with Gasteiger partial charge in [-0.2, -0.15) is 0 Å². The van der Waals surface area contributed by atoms with Crippen molar-refractivity contribution in [1.82, 2.24) is 4.98 Å². The minimum absolute atomic E-state index is 0.0966. The van der Waals surface area contributed by atoms with Crippen molar-refractivity contribution >= 4 is 16.6 Å². The number of nitrogens with zero attached hydrogens (tertiary/aromatic N) is 1. The van der Waals surface area contributed by atoms with Gasteiger partial charge in [0.05, 0.1) is 11.0 Å². The van der Waals surface area contributed by atoms with Gasteiger partial charge >= 0.3 is 0 Å². The molecule has 1 aromatic heterocycles. The van der Waals surface area contributed by atoms with Crippen LogP contribution < -0.4 is 0 Å². The van der Waals surface area contributed by atoms with Gasteiger partial charge in [0.25, 0.3) is 5.69 Å². The molecule has 0 bridgehead atoms. The molecule has 0 saturated carbocycles. The second kappa shape index (κ2) is 3.56. The van der Waals surface area contributed by atoms with E-state index in [4.69, 9.17) is 0 Å². The molecule has 1 heterocycles. The molecule has 0 unspecified atom stereocenters. The molecule has 3 rings (SSSR count). The topological polar surface area (TPSA) is 79.2 Å². The second-order valence-corrected chi connectivity index (χ2v) is 4.41. The van der Waals surface area contributed by atoms with Crippen LogP contribution in [-0.2, 0) is 6.42 Å². The minimum atomic E-state index is -0.467. The van der Waals surface area contributed by atoms with Gasteiger partial charge in [0.15, 0.2) is 0 Å². The Morgan fingerprint density at radius 3 is 3.06 bits per heavy atom. The number of aliphatic hydroxyl groups excluding tert-OH is 1. The second-order valence-electron chi connectivity index (χ2n) is 4.41. The SMILES string of the molecule is O=[N+]([O-])c1ccc2[nH]c3c(c2c1)CCC[C@@H]3O. The number of H-pyrrole nitrogens is 1. The first kappa shape index (κ1) is 10.3. The lowest BCUT2D eigenvalue weighted by Gasteiger charge is -2.17. The first-order valence-electron chi connectivity index (χ1n) is 5.64. The zero-order valence-electron chi connectivity index (χ0n) is 9.14. The van der Waals surface area contributed by atoms with Crippen molar-refractivity contribution < 1.29 is 10.0 Å². The Labute approximate surface area is 97.2 Å². The molecule has 5 nitrogen and oxygen atoms in total. The Kier molecular flexibility index (Phi) is 2.16. The molecule has 1 aromatic carbocycles. The lowest BCUT2D eigenvalue weighted by atomic mass is 9.93. The summed E-state index contributed by atoms with van der Waals surface area (Å²) < 4.78 is 0. The number of aliphatic hydroxyl groups is 1. The molecule has 88 valence electrons. The third-order valence-electron chi connectivity index (χ3n) is 3.37. The van der Waals surface area contributed by atoms with E-state index in [1.54, 1.807) is 12.1 Å². The van der Waals surface area contributed by atoms with Crippen LogP contribution >= 0.6 is 0 Å². The summed E-state index contributed by atoms with van der Waals surface area (Å²) in [5.74, 6) is 0. The van der Waals surface area contributed by atoms with Gasteiger partial charge in [-0.05, 0) is 30.9 Å². The number of fused-ring (bicyclic) bond motifs is 3. The molecule has 0 amide bonds. The van der Waals surface area contributed by atoms with Crippen LogP contribution in [0.3, 0.4) is 0 Å². The maximum Gasteiger partial charge on any atom is 0.270 e. The molecule has 5 heteroatoms. The van der Waals surface area contributed by atoms with E-state index in [0.717, 1.165) is 41.4 Å². The molecular formula is C12H12N2O3. The zero-order chi connectivity index (χ0) is 12.0. The third kappa shape index (κ3) is 1.51. The largest absolute Gasteiger partial charge is 0.387 e. The van der Waals surface area contributed by atoms with Crippen LogP contribution in [0.4, 0.5) is 5.69 Å². The maximum absolute atomic E-state index is 10.7. The van der Waals surface area contributed by atoms with Gasteiger partial charge in [0.1, 0.15) is 0 Å². The number of non-ortho nitro benzene ring substituents is 1. The summed E-state index contributed by atoms with van der Waals surface area (Å²) in [5.41, 5.74) is 2.81. The van der Waals surface area contributed by atoms with Crippen LogP contribution in [0.1, 0.15) is 30.2 Å². The smallest absolute Gasteiger partial charge is 0.270 e. The lowest BCUT2D eigenvalue weighted by Crippen LogP contribution is -2.07. The molecule has 1 atom stereocenters. The van der Waals surface area contributed by atoms with Gasteiger partial charge < -0.3 is 10.1 Å². The summed E-state index contributed by atoms with van der Waals surface area (Å²) >= 11 is 0. The quantitative estimate of drug-likeness (QED) is 0.585. The lowest BCUT2D eigenvalue weighted by molar-refractivity contribution is -0.384. The molecule has 2 aromatic rings. The fraction of sp³-hybridized carbons (Fsp3) is 0.333. The maximum atomic E-state index is 10.7. The third-order valence-corrected chi connectivity index (χ3v) is 3.37. The van der Waals surface area contributed by atoms with Crippen LogP contribution in [0.25, 0.3) is 10.9 Å². The van der Waals surface area contributed by atoms with Gasteiger partial charge in [-0.1, -0.05) is 0 Å². The van der Waals surface area contributed by atoms with Crippen molar-refractivity contribution in [2.45, 2.75) is 25.4 Å². The molecule has 0 spiro atoms. The van der Waals surface area contributed by atoms with E-state index < -0.39 is 11.0 Å². The number of hydrogen-bond acceptors (Lipinski definition) is 3. The summed E-state index contributed by atoms with van der Waals surface area (Å²) in [6, 6.07) is 4.78. The highest BCUT2D eigenvalue weighted by atomic mass is 16.6. The van der Waals surface area contributed by atoms with E-state index in [-0.39, 0.29) is 5.69 Å². The standard InChI is InChI=1S/C12H12N2O3/c15-11-3-1-2-8-9-6-7(14(16)17)4-5-10(9)13-12(8)11/h4-6,11,13,15H,1-3H2/t11-/m0/s1. The normalized spacial score (nSPS) is 19.2. The van der Waals surface area contributed by atoms with E-state index in [1.807, 2.05) is 0 Å². The van der Waals surface area contributed by atoms with Crippen LogP contribution in [0.2, 0.25) is 0 Å². The van der Waals surface area contributed by atoms with Crippen LogP contribution in [0.15, 0.2) is 18.2 Å². The Morgan fingerprint density at radius 2 is 2.29 bits per heavy atom. The number of aromatic amines is 1. The number of aromatic nitrogens is 1. The molecular weight excluding hydrogens is 220 g/mol. The number of rotatable bonds is 1. The first-order valence-corrected chi connectivity index (χ1v) is 5.64. The minimum Gasteiger partial charge on any atom is -0.387 e. The molecule has 1 aliphatic rings. The van der Waals surface area contributed by atoms with Gasteiger partial charge in [0.2, 0.25) is 0 Å². The number of aryl methyl sites for hydroxylation is 1. The first-order chi connectivity index (χ1) is 8.16. The van der Waals surface area contributed by atoms with Crippen molar-refractivity contribution in [2.24, 2.45) is 0 Å². The molecule has 0 fully saturated rings. The summed E-state index contributed by atoms with van der Waals surface area (Å²) in [6.45, 7) is 0. The van der Waals surface area contributed by atoms with E-state index in [9.17, 15) is 15.2 Å². The number of benzene rings is 1. The number of hydrogen-bond donors (Lipinski definition) is 2. The Morgan fingerprint density at radius 1 is 1.47 bits per heavy atom. The molecule has 1 aliphatic carbocycles. The van der Waals surface area contributed by atoms with Crippen LogP contribution in [-0.4, -0.2) is 15.0 Å². The number of nitrogens with one attached hydrogen (secondary N) is 1. The fourth-order valence-electron chi connectivity index (χ4n) is 2.54. The highest BCUT2D eigenvalue weighted by molar-refractivity contribution is 5.87. The monoisotopic (exact) mass is 232 g/mol. The number of nitro benzene ring substituents is 1. The fourth-order valence-corrected chi connectivity index (χ4v) is 2.54. The average molecular weight is 232 g/mol. The van der Waals surface area contributed by atoms with Gasteiger partial charge in [-0.25, -0.2) is 0 Å². The summed E-state index contributed by atoms with van der Waals surface area (Å²) in [4.78, 5) is 13.5. The summed E-state index contributed by atoms with van der Waals surface area (Å²) in [6.07, 6.45) is 2.07. The van der Waals surface area contributed by atoms with Crippen molar-refractivity contribution in [3.05, 3.63) is 39.6 Å². The Hall–Kier alpha value is -1.88. The van der Waals surface area contributed by atoms with E-state index in [2.05, 4.69) is 4.98 Å². The molecule has 2 N–H and O–H groups in total. The highest BCUT2D eigenvalue weighted by Crippen LogP contribution is 2.35. The van der Waals surface area contributed by atoms with E-state index >= 15 is 0 Å². The van der Waals surface area contributed by atoms with E-state index in [1.165, 1.54) is 6.07 Å². The van der Waals surface area contributed by atoms with Gasteiger partial charge in [-0.3, -0.25) is 10.1 Å².